The first-order valence-electron chi connectivity index (χ1n) is 22.3. The lowest BCUT2D eigenvalue weighted by Gasteiger charge is -2.63. The molecule has 51 heavy (non-hydrogen) atoms. The van der Waals surface area contributed by atoms with Crippen molar-refractivity contribution in [3.05, 3.63) is 0 Å². The van der Waals surface area contributed by atoms with Crippen LogP contribution in [0.2, 0.25) is 0 Å². The molecule has 4 fully saturated rings. The monoisotopic (exact) mass is 716 g/mol. The van der Waals surface area contributed by atoms with Crippen molar-refractivity contribution in [2.45, 2.75) is 219 Å². The highest BCUT2D eigenvalue weighted by atomic mass is 16.5. The average molecular weight is 716 g/mol. The van der Waals surface area contributed by atoms with Crippen LogP contribution in [-0.4, -0.2) is 47.4 Å². The molecule has 0 saturated heterocycles. The Kier molecular flexibility index (Phi) is 17.6. The summed E-state index contributed by atoms with van der Waals surface area (Å²) in [6, 6.07) is 0.204. The lowest BCUT2D eigenvalue weighted by molar-refractivity contribution is -0.202. The van der Waals surface area contributed by atoms with E-state index >= 15 is 0 Å². The van der Waals surface area contributed by atoms with E-state index in [2.05, 4.69) is 33.0 Å². The van der Waals surface area contributed by atoms with Crippen molar-refractivity contribution >= 4 is 11.9 Å². The zero-order valence-corrected chi connectivity index (χ0v) is 33.9. The molecule has 0 spiro atoms. The second-order valence-corrected chi connectivity index (χ2v) is 18.6. The molecule has 4 saturated carbocycles. The van der Waals surface area contributed by atoms with Crippen molar-refractivity contribution in [2.75, 3.05) is 7.11 Å². The van der Waals surface area contributed by atoms with Gasteiger partial charge in [0, 0.05) is 18.9 Å². The van der Waals surface area contributed by atoms with Crippen LogP contribution >= 0.6 is 0 Å². The van der Waals surface area contributed by atoms with Crippen LogP contribution in [-0.2, 0) is 14.3 Å². The Morgan fingerprint density at radius 2 is 1.31 bits per heavy atom. The van der Waals surface area contributed by atoms with Gasteiger partial charge >= 0.3 is 5.97 Å². The first kappa shape index (κ1) is 42.6. The third kappa shape index (κ3) is 11.2. The van der Waals surface area contributed by atoms with Crippen molar-refractivity contribution in [1.82, 2.24) is 5.32 Å². The quantitative estimate of drug-likeness (QED) is 0.0723. The Morgan fingerprint density at radius 1 is 0.745 bits per heavy atom. The lowest BCUT2D eigenvalue weighted by atomic mass is 9.43. The van der Waals surface area contributed by atoms with Gasteiger partial charge in [-0.25, -0.2) is 0 Å². The van der Waals surface area contributed by atoms with Gasteiger partial charge in [-0.2, -0.15) is 0 Å². The van der Waals surface area contributed by atoms with Gasteiger partial charge in [0.15, 0.2) is 0 Å². The molecular formula is C45H81NO5. The largest absolute Gasteiger partial charge is 0.469 e. The minimum atomic E-state index is -0.387. The van der Waals surface area contributed by atoms with Crippen molar-refractivity contribution in [3.8, 4) is 0 Å². The van der Waals surface area contributed by atoms with E-state index in [0.29, 0.717) is 42.4 Å². The number of esters is 1. The smallest absolute Gasteiger partial charge is 0.305 e. The van der Waals surface area contributed by atoms with Gasteiger partial charge in [0.25, 0.3) is 0 Å². The SMILES string of the molecule is CCCCCCCCCCCCCCCCCCCC(=O)N[C@H]1CC[C@@]2(C)[C@H](C1)C[C@@H](O)[C@H]1[C@H]3CC[C@H]([C@H](C)CCC(=O)OC)[C@@]3(C)[C@@H](O)C[C@@H]12. The molecule has 296 valence electrons. The molecule has 0 aliphatic heterocycles. The molecule has 0 heterocycles. The number of unbranched alkanes of at least 4 members (excludes halogenated alkanes) is 16. The number of methoxy groups -OCH3 is 1. The van der Waals surface area contributed by atoms with Gasteiger partial charge < -0.3 is 20.3 Å². The molecule has 4 rings (SSSR count). The van der Waals surface area contributed by atoms with E-state index < -0.39 is 0 Å². The van der Waals surface area contributed by atoms with Crippen LogP contribution in [0, 0.1) is 46.3 Å². The molecule has 1 amide bonds. The summed E-state index contributed by atoms with van der Waals surface area (Å²) in [4.78, 5) is 24.8. The number of rotatable bonds is 23. The number of ether oxygens (including phenoxy) is 1. The number of carbonyl (C=O) groups is 2. The molecule has 0 unspecified atom stereocenters. The first-order valence-corrected chi connectivity index (χ1v) is 22.3. The molecular weight excluding hydrogens is 634 g/mol. The molecule has 0 aromatic rings. The third-order valence-corrected chi connectivity index (χ3v) is 15.5. The summed E-state index contributed by atoms with van der Waals surface area (Å²) in [7, 11) is 1.45. The van der Waals surface area contributed by atoms with Crippen LogP contribution in [0.4, 0.5) is 0 Å². The molecule has 11 atom stereocenters. The molecule has 0 aromatic carbocycles. The Hall–Kier alpha value is -1.14. The molecule has 6 heteroatoms. The first-order chi connectivity index (χ1) is 24.6. The number of carbonyl (C=O) groups excluding carboxylic acids is 2. The van der Waals surface area contributed by atoms with Gasteiger partial charge in [-0.1, -0.05) is 130 Å². The van der Waals surface area contributed by atoms with Crippen molar-refractivity contribution < 1.29 is 24.5 Å². The summed E-state index contributed by atoms with van der Waals surface area (Å²) in [5, 5.41) is 27.1. The minimum Gasteiger partial charge on any atom is -0.469 e. The molecule has 4 aliphatic rings. The Balaban J connectivity index is 1.11. The minimum absolute atomic E-state index is 0.0928. The molecule has 6 nitrogen and oxygen atoms in total. The van der Waals surface area contributed by atoms with Crippen LogP contribution in [0.1, 0.15) is 201 Å². The summed E-state index contributed by atoms with van der Waals surface area (Å²) in [5.74, 6) is 1.96. The number of hydrogen-bond acceptors (Lipinski definition) is 5. The lowest BCUT2D eigenvalue weighted by Crippen LogP contribution is -2.63. The highest BCUT2D eigenvalue weighted by Crippen LogP contribution is 2.68. The van der Waals surface area contributed by atoms with E-state index in [1.54, 1.807) is 0 Å². The highest BCUT2D eigenvalue weighted by molar-refractivity contribution is 5.76. The fourth-order valence-electron chi connectivity index (χ4n) is 12.2. The van der Waals surface area contributed by atoms with E-state index in [4.69, 9.17) is 4.74 Å². The number of hydrogen-bond donors (Lipinski definition) is 3. The number of aliphatic hydroxyl groups is 2. The predicted octanol–water partition coefficient (Wildman–Crippen LogP) is 10.7. The fourth-order valence-corrected chi connectivity index (χ4v) is 12.2. The third-order valence-electron chi connectivity index (χ3n) is 15.5. The zero-order chi connectivity index (χ0) is 36.9. The van der Waals surface area contributed by atoms with Crippen LogP contribution in [0.3, 0.4) is 0 Å². The van der Waals surface area contributed by atoms with Crippen molar-refractivity contribution in [1.29, 1.82) is 0 Å². The Labute approximate surface area is 313 Å². The van der Waals surface area contributed by atoms with E-state index in [9.17, 15) is 19.8 Å². The molecule has 4 aliphatic carbocycles. The number of aliphatic hydroxyl groups excluding tert-OH is 2. The average Bonchev–Trinajstić information content (AvgIpc) is 3.47. The second kappa shape index (κ2) is 21.1. The number of fused-ring (bicyclic) bond motifs is 5. The normalized spacial score (nSPS) is 35.0. The molecule has 0 aromatic heterocycles. The zero-order valence-electron chi connectivity index (χ0n) is 33.9. The Morgan fingerprint density at radius 3 is 1.88 bits per heavy atom. The summed E-state index contributed by atoms with van der Waals surface area (Å²) in [5.41, 5.74) is -0.131. The summed E-state index contributed by atoms with van der Waals surface area (Å²) < 4.78 is 4.91. The summed E-state index contributed by atoms with van der Waals surface area (Å²) >= 11 is 0. The second-order valence-electron chi connectivity index (χ2n) is 18.6. The van der Waals surface area contributed by atoms with Crippen molar-refractivity contribution in [3.63, 3.8) is 0 Å². The van der Waals surface area contributed by atoms with Gasteiger partial charge in [0.2, 0.25) is 5.91 Å². The maximum atomic E-state index is 13.0. The van der Waals surface area contributed by atoms with Crippen LogP contribution in [0.25, 0.3) is 0 Å². The van der Waals surface area contributed by atoms with Gasteiger partial charge in [-0.3, -0.25) is 9.59 Å². The Bertz CT molecular complexity index is 1030. The van der Waals surface area contributed by atoms with Gasteiger partial charge in [-0.15, -0.1) is 0 Å². The summed E-state index contributed by atoms with van der Waals surface area (Å²) in [6.07, 6.45) is 30.7. The molecule has 0 bridgehead atoms. The van der Waals surface area contributed by atoms with Crippen LogP contribution in [0.15, 0.2) is 0 Å². The fraction of sp³-hybridized carbons (Fsp3) is 0.956. The van der Waals surface area contributed by atoms with E-state index in [0.717, 1.165) is 64.2 Å². The van der Waals surface area contributed by atoms with Crippen molar-refractivity contribution in [2.24, 2.45) is 46.3 Å². The van der Waals surface area contributed by atoms with E-state index in [1.807, 2.05) is 0 Å². The molecule has 0 radical (unpaired) electrons. The van der Waals surface area contributed by atoms with Gasteiger partial charge in [-0.05, 0) is 104 Å². The van der Waals surface area contributed by atoms with E-state index in [-0.39, 0.29) is 46.9 Å². The highest BCUT2D eigenvalue weighted by Gasteiger charge is 2.65. The maximum absolute atomic E-state index is 13.0. The predicted molar refractivity (Wildman–Crippen MR) is 209 cm³/mol. The van der Waals surface area contributed by atoms with Gasteiger partial charge in [0.05, 0.1) is 19.3 Å². The topological polar surface area (TPSA) is 95.9 Å². The van der Waals surface area contributed by atoms with Crippen LogP contribution in [0.5, 0.6) is 0 Å². The summed E-state index contributed by atoms with van der Waals surface area (Å²) in [6.45, 7) is 9.26. The number of amides is 1. The maximum Gasteiger partial charge on any atom is 0.305 e. The molecule has 3 N–H and O–H groups in total. The van der Waals surface area contributed by atoms with Crippen LogP contribution < -0.4 is 5.32 Å². The van der Waals surface area contributed by atoms with E-state index in [1.165, 1.54) is 103 Å². The standard InChI is InChI=1S/C45H81NO5/c1-6-7-8-9-10-11-12-13-14-15-16-17-18-19-20-21-22-23-41(49)46-35-28-29-44(3)34(30-35)31-39(47)43-37-26-25-36(33(2)24-27-42(50)51-5)45(37,4)40(48)32-38(43)44/h33-40,43,47-48H,6-32H2,1-5H3,(H,46,49)/t33-,34-,35+,36-,37-,38+,39-,40+,43+,44+,45-/m1/s1. The number of nitrogens with one attached hydrogen (secondary N) is 1. The van der Waals surface area contributed by atoms with Gasteiger partial charge in [0.1, 0.15) is 0 Å².